The molecule has 102 valence electrons. The van der Waals surface area contributed by atoms with Gasteiger partial charge in [0.1, 0.15) is 5.82 Å². The second-order valence-corrected chi connectivity index (χ2v) is 4.87. The molecule has 0 aliphatic carbocycles. The summed E-state index contributed by atoms with van der Waals surface area (Å²) >= 11 is 0. The van der Waals surface area contributed by atoms with Gasteiger partial charge in [-0.2, -0.15) is 0 Å². The van der Waals surface area contributed by atoms with Crippen LogP contribution in [0.25, 0.3) is 11.0 Å². The van der Waals surface area contributed by atoms with E-state index in [-0.39, 0.29) is 18.6 Å². The number of aliphatic hydroxyl groups is 1. The Kier molecular flexibility index (Phi) is 3.57. The zero-order chi connectivity index (χ0) is 14.2. The van der Waals surface area contributed by atoms with Crippen LogP contribution in [0.5, 0.6) is 0 Å². The normalized spacial score (nSPS) is 12.7. The van der Waals surface area contributed by atoms with Gasteiger partial charge in [0.25, 0.3) is 5.91 Å². The van der Waals surface area contributed by atoms with Crippen LogP contribution < -0.4 is 0 Å². The molecule has 0 saturated heterocycles. The van der Waals surface area contributed by atoms with Gasteiger partial charge in [-0.05, 0) is 32.0 Å². The zero-order valence-corrected chi connectivity index (χ0v) is 11.7. The van der Waals surface area contributed by atoms with Crippen LogP contribution in [0.4, 0.5) is 0 Å². The number of aromatic nitrogens is 2. The molecule has 5 nitrogen and oxygen atoms in total. The average molecular weight is 261 g/mol. The Morgan fingerprint density at radius 1 is 1.53 bits per heavy atom. The van der Waals surface area contributed by atoms with Crippen molar-refractivity contribution in [3.8, 4) is 0 Å². The van der Waals surface area contributed by atoms with Crippen LogP contribution in [0, 0.1) is 6.92 Å². The summed E-state index contributed by atoms with van der Waals surface area (Å²) in [6.45, 7) is 3.69. The van der Waals surface area contributed by atoms with E-state index in [0.717, 1.165) is 16.9 Å². The molecule has 1 heterocycles. The van der Waals surface area contributed by atoms with Crippen LogP contribution >= 0.6 is 0 Å². The van der Waals surface area contributed by atoms with Crippen LogP contribution in [0.15, 0.2) is 18.2 Å². The number of likely N-dealkylation sites (N-methyl/N-ethyl adjacent to an activating group) is 1. The molecule has 19 heavy (non-hydrogen) atoms. The van der Waals surface area contributed by atoms with Gasteiger partial charge < -0.3 is 14.6 Å². The molecule has 0 spiro atoms. The maximum atomic E-state index is 12.3. The van der Waals surface area contributed by atoms with Crippen molar-refractivity contribution < 1.29 is 9.90 Å². The zero-order valence-electron chi connectivity index (χ0n) is 11.7. The van der Waals surface area contributed by atoms with E-state index in [4.69, 9.17) is 5.11 Å². The maximum Gasteiger partial charge on any atom is 0.253 e. The number of fused-ring (bicyclic) bond motifs is 1. The summed E-state index contributed by atoms with van der Waals surface area (Å²) in [7, 11) is 3.64. The molecule has 1 unspecified atom stereocenters. The molecule has 1 aromatic heterocycles. The second kappa shape index (κ2) is 5.01. The number of carbonyl (C=O) groups excluding carboxylic acids is 1. The first-order valence-electron chi connectivity index (χ1n) is 6.26. The van der Waals surface area contributed by atoms with Gasteiger partial charge in [0, 0.05) is 19.7 Å². The minimum absolute atomic E-state index is 0.0484. The monoisotopic (exact) mass is 261 g/mol. The van der Waals surface area contributed by atoms with Crippen molar-refractivity contribution in [3.63, 3.8) is 0 Å². The summed E-state index contributed by atoms with van der Waals surface area (Å²) in [5, 5.41) is 9.10. The number of imidazole rings is 1. The number of aryl methyl sites for hydroxylation is 2. The number of amides is 1. The Morgan fingerprint density at radius 2 is 2.21 bits per heavy atom. The third kappa shape index (κ3) is 2.33. The molecule has 1 atom stereocenters. The minimum Gasteiger partial charge on any atom is -0.394 e. The largest absolute Gasteiger partial charge is 0.394 e. The summed E-state index contributed by atoms with van der Waals surface area (Å²) in [6.07, 6.45) is 0. The summed E-state index contributed by atoms with van der Waals surface area (Å²) < 4.78 is 1.99. The fourth-order valence-corrected chi connectivity index (χ4v) is 1.98. The third-order valence-corrected chi connectivity index (χ3v) is 3.60. The minimum atomic E-state index is -0.200. The number of aliphatic hydroxyl groups excluding tert-OH is 1. The predicted molar refractivity (Wildman–Crippen MR) is 74.1 cm³/mol. The lowest BCUT2D eigenvalue weighted by molar-refractivity contribution is 0.0682. The van der Waals surface area contributed by atoms with E-state index in [1.54, 1.807) is 26.1 Å². The maximum absolute atomic E-state index is 12.3. The summed E-state index contributed by atoms with van der Waals surface area (Å²) in [5.74, 6) is 0.809. The topological polar surface area (TPSA) is 58.4 Å². The van der Waals surface area contributed by atoms with Gasteiger partial charge in [-0.25, -0.2) is 4.98 Å². The molecule has 0 aliphatic rings. The second-order valence-electron chi connectivity index (χ2n) is 4.87. The number of carbonyl (C=O) groups is 1. The molecule has 0 aliphatic heterocycles. The molecule has 2 rings (SSSR count). The molecule has 0 fully saturated rings. The van der Waals surface area contributed by atoms with Crippen molar-refractivity contribution in [1.82, 2.24) is 14.5 Å². The van der Waals surface area contributed by atoms with Crippen LogP contribution in [-0.2, 0) is 7.05 Å². The van der Waals surface area contributed by atoms with Crippen LogP contribution in [-0.4, -0.2) is 45.2 Å². The van der Waals surface area contributed by atoms with E-state index < -0.39 is 0 Å². The van der Waals surface area contributed by atoms with Gasteiger partial charge >= 0.3 is 0 Å². The van der Waals surface area contributed by atoms with Crippen molar-refractivity contribution in [2.24, 2.45) is 7.05 Å². The van der Waals surface area contributed by atoms with Crippen molar-refractivity contribution >= 4 is 16.9 Å². The smallest absolute Gasteiger partial charge is 0.253 e. The van der Waals surface area contributed by atoms with Crippen LogP contribution in [0.2, 0.25) is 0 Å². The number of benzene rings is 1. The first-order valence-corrected chi connectivity index (χ1v) is 6.26. The number of nitrogens with zero attached hydrogens (tertiary/aromatic N) is 3. The SMILES string of the molecule is Cc1nc2cc(C(=O)N(C)C(C)CO)ccc2n1C. The Balaban J connectivity index is 2.38. The molecular formula is C14H19N3O2. The first kappa shape index (κ1) is 13.5. The van der Waals surface area contributed by atoms with Gasteiger partial charge in [-0.1, -0.05) is 0 Å². The highest BCUT2D eigenvalue weighted by molar-refractivity contribution is 5.97. The highest BCUT2D eigenvalue weighted by atomic mass is 16.3. The van der Waals surface area contributed by atoms with Crippen molar-refractivity contribution in [1.29, 1.82) is 0 Å². The molecule has 1 amide bonds. The van der Waals surface area contributed by atoms with E-state index in [9.17, 15) is 4.79 Å². The van der Waals surface area contributed by atoms with Gasteiger partial charge in [0.15, 0.2) is 0 Å². The summed E-state index contributed by atoms with van der Waals surface area (Å²) in [6, 6.07) is 5.30. The fraction of sp³-hybridized carbons (Fsp3) is 0.429. The quantitative estimate of drug-likeness (QED) is 0.907. The lowest BCUT2D eigenvalue weighted by Gasteiger charge is -2.23. The van der Waals surface area contributed by atoms with Gasteiger partial charge in [-0.3, -0.25) is 4.79 Å². The molecule has 0 radical (unpaired) electrons. The van der Waals surface area contributed by atoms with E-state index in [1.807, 2.05) is 24.6 Å². The Labute approximate surface area is 112 Å². The van der Waals surface area contributed by atoms with E-state index in [0.29, 0.717) is 5.56 Å². The van der Waals surface area contributed by atoms with Crippen molar-refractivity contribution in [3.05, 3.63) is 29.6 Å². The molecule has 0 bridgehead atoms. The standard InChI is InChI=1S/C14H19N3O2/c1-9(8-18)16(3)14(19)11-5-6-13-12(7-11)15-10(2)17(13)4/h5-7,9,18H,8H2,1-4H3. The van der Waals surface area contributed by atoms with Crippen LogP contribution in [0.3, 0.4) is 0 Å². The number of hydrogen-bond donors (Lipinski definition) is 1. The van der Waals surface area contributed by atoms with Gasteiger partial charge in [0.2, 0.25) is 0 Å². The number of hydrogen-bond acceptors (Lipinski definition) is 3. The van der Waals surface area contributed by atoms with Gasteiger partial charge in [-0.15, -0.1) is 0 Å². The summed E-state index contributed by atoms with van der Waals surface area (Å²) in [4.78, 5) is 18.2. The summed E-state index contributed by atoms with van der Waals surface area (Å²) in [5.41, 5.74) is 2.41. The molecular weight excluding hydrogens is 242 g/mol. The van der Waals surface area contributed by atoms with Crippen LogP contribution in [0.1, 0.15) is 23.1 Å². The highest BCUT2D eigenvalue weighted by Crippen LogP contribution is 2.17. The van der Waals surface area contributed by atoms with Gasteiger partial charge in [0.05, 0.1) is 23.7 Å². The predicted octanol–water partition coefficient (Wildman–Crippen LogP) is 1.33. The Bertz CT molecular complexity index is 618. The lowest BCUT2D eigenvalue weighted by Crippen LogP contribution is -2.37. The third-order valence-electron chi connectivity index (χ3n) is 3.60. The van der Waals surface area contributed by atoms with Crippen molar-refractivity contribution in [2.45, 2.75) is 19.9 Å². The average Bonchev–Trinajstić information content (AvgIpc) is 2.71. The molecule has 1 N–H and O–H groups in total. The Hall–Kier alpha value is -1.88. The number of rotatable bonds is 3. The van der Waals surface area contributed by atoms with Crippen molar-refractivity contribution in [2.75, 3.05) is 13.7 Å². The molecule has 2 aromatic rings. The highest BCUT2D eigenvalue weighted by Gasteiger charge is 2.17. The van der Waals surface area contributed by atoms with E-state index in [2.05, 4.69) is 4.98 Å². The lowest BCUT2D eigenvalue weighted by atomic mass is 10.1. The first-order chi connectivity index (χ1) is 8.95. The van der Waals surface area contributed by atoms with E-state index >= 15 is 0 Å². The fourth-order valence-electron chi connectivity index (χ4n) is 1.98. The molecule has 5 heteroatoms. The molecule has 0 saturated carbocycles. The Morgan fingerprint density at radius 3 is 2.84 bits per heavy atom. The molecule has 1 aromatic carbocycles. The van der Waals surface area contributed by atoms with E-state index in [1.165, 1.54) is 4.90 Å².